The standard InChI is InChI=1S/C5H6N/c1-5(2)3-4-6/h1H,3H2,2H3. The molecule has 0 unspecified atom stereocenters. The average molecular weight is 80.1 g/mol. The Hall–Kier alpha value is -0.770. The number of hydrogen-bond acceptors (Lipinski definition) is 1. The highest BCUT2D eigenvalue weighted by atomic mass is 14.2. The predicted octanol–water partition coefficient (Wildman–Crippen LogP) is 1.28. The first-order chi connectivity index (χ1) is 2.77. The zero-order valence-electron chi connectivity index (χ0n) is 3.73. The summed E-state index contributed by atoms with van der Waals surface area (Å²) in [5, 5.41) is 7.89. The second-order valence-electron chi connectivity index (χ2n) is 1.18. The molecule has 0 atom stereocenters. The minimum absolute atomic E-state index is 0.375. The summed E-state index contributed by atoms with van der Waals surface area (Å²) in [6, 6.07) is 1.91. The lowest BCUT2D eigenvalue weighted by Gasteiger charge is -1.76. The fourth-order valence-electron chi connectivity index (χ4n) is 0.125. The third kappa shape index (κ3) is 3.23. The summed E-state index contributed by atoms with van der Waals surface area (Å²) < 4.78 is 0. The van der Waals surface area contributed by atoms with E-state index in [4.69, 9.17) is 11.8 Å². The second-order valence-corrected chi connectivity index (χ2v) is 1.18. The number of allylic oxidation sites excluding steroid dienone is 1. The summed E-state index contributed by atoms with van der Waals surface area (Å²) in [5.74, 6) is 0. The summed E-state index contributed by atoms with van der Waals surface area (Å²) in [5.41, 5.74) is 0.678. The molecule has 0 saturated carbocycles. The first-order valence-corrected chi connectivity index (χ1v) is 1.72. The highest BCUT2D eigenvalue weighted by Crippen LogP contribution is 1.88. The van der Waals surface area contributed by atoms with Crippen molar-refractivity contribution in [1.29, 1.82) is 5.26 Å². The van der Waals surface area contributed by atoms with E-state index in [9.17, 15) is 0 Å². The lowest BCUT2D eigenvalue weighted by atomic mass is 10.3. The third-order valence-electron chi connectivity index (χ3n) is 0.358. The molecule has 1 radical (unpaired) electrons. The van der Waals surface area contributed by atoms with E-state index in [-0.39, 0.29) is 0 Å². The fourth-order valence-corrected chi connectivity index (χ4v) is 0.125. The van der Waals surface area contributed by atoms with Crippen molar-refractivity contribution in [1.82, 2.24) is 0 Å². The Labute approximate surface area is 37.9 Å². The summed E-state index contributed by atoms with van der Waals surface area (Å²) in [6.07, 6.45) is 0.375. The van der Waals surface area contributed by atoms with Crippen molar-refractivity contribution in [2.24, 2.45) is 0 Å². The van der Waals surface area contributed by atoms with Crippen molar-refractivity contribution in [2.45, 2.75) is 13.3 Å². The maximum absolute atomic E-state index is 7.89. The molecule has 0 bridgehead atoms. The number of hydrogen-bond donors (Lipinski definition) is 0. The molecule has 0 aliphatic heterocycles. The molecule has 0 heterocycles. The molecule has 0 aromatic rings. The molecule has 1 heteroatoms. The van der Waals surface area contributed by atoms with Gasteiger partial charge >= 0.3 is 0 Å². The molecular weight excluding hydrogens is 74.1 g/mol. The van der Waals surface area contributed by atoms with Gasteiger partial charge in [0.05, 0.1) is 12.5 Å². The van der Waals surface area contributed by atoms with Gasteiger partial charge in [-0.05, 0) is 6.92 Å². The first kappa shape index (κ1) is 5.23. The van der Waals surface area contributed by atoms with Crippen molar-refractivity contribution in [3.63, 3.8) is 0 Å². The van der Waals surface area contributed by atoms with Gasteiger partial charge in [0, 0.05) is 0 Å². The van der Waals surface area contributed by atoms with Crippen LogP contribution in [0.2, 0.25) is 0 Å². The van der Waals surface area contributed by atoms with Crippen molar-refractivity contribution in [3.8, 4) is 6.07 Å². The van der Waals surface area contributed by atoms with Crippen LogP contribution in [0.4, 0.5) is 0 Å². The predicted molar refractivity (Wildman–Crippen MR) is 23.7 cm³/mol. The van der Waals surface area contributed by atoms with Crippen LogP contribution in [0.5, 0.6) is 0 Å². The van der Waals surface area contributed by atoms with Gasteiger partial charge in [-0.1, -0.05) is 12.2 Å². The molecule has 0 aliphatic carbocycles. The smallest absolute Gasteiger partial charge is 0.0666 e. The maximum Gasteiger partial charge on any atom is 0.0666 e. The average Bonchev–Trinajstić information content (AvgIpc) is 1.35. The van der Waals surface area contributed by atoms with Crippen LogP contribution >= 0.6 is 0 Å². The molecule has 0 rings (SSSR count). The molecule has 0 aromatic heterocycles. The van der Waals surface area contributed by atoms with Gasteiger partial charge in [0.2, 0.25) is 0 Å². The van der Waals surface area contributed by atoms with E-state index in [1.807, 2.05) is 6.07 Å². The normalized spacial score (nSPS) is 6.67. The quantitative estimate of drug-likeness (QED) is 0.465. The minimum atomic E-state index is 0.375. The van der Waals surface area contributed by atoms with Gasteiger partial charge in [-0.25, -0.2) is 0 Å². The Morgan fingerprint density at radius 2 is 2.50 bits per heavy atom. The van der Waals surface area contributed by atoms with E-state index in [1.165, 1.54) is 0 Å². The van der Waals surface area contributed by atoms with Crippen LogP contribution in [0.25, 0.3) is 0 Å². The summed E-state index contributed by atoms with van der Waals surface area (Å²) in [7, 11) is 0. The van der Waals surface area contributed by atoms with Gasteiger partial charge in [-0.2, -0.15) is 5.26 Å². The fraction of sp³-hybridized carbons (Fsp3) is 0.400. The number of rotatable bonds is 1. The highest BCUT2D eigenvalue weighted by Gasteiger charge is 1.75. The van der Waals surface area contributed by atoms with Gasteiger partial charge in [0.25, 0.3) is 0 Å². The van der Waals surface area contributed by atoms with Gasteiger partial charge in [-0.3, -0.25) is 0 Å². The van der Waals surface area contributed by atoms with E-state index in [1.54, 1.807) is 6.92 Å². The van der Waals surface area contributed by atoms with E-state index in [2.05, 4.69) is 0 Å². The molecule has 0 aromatic carbocycles. The van der Waals surface area contributed by atoms with Crippen LogP contribution in [0, 0.1) is 17.9 Å². The van der Waals surface area contributed by atoms with E-state index in [0.29, 0.717) is 12.0 Å². The summed E-state index contributed by atoms with van der Waals surface area (Å²) in [4.78, 5) is 0. The Kier molecular flexibility index (Phi) is 2.15. The molecule has 31 valence electrons. The van der Waals surface area contributed by atoms with Crippen LogP contribution in [0.1, 0.15) is 13.3 Å². The zero-order chi connectivity index (χ0) is 4.99. The van der Waals surface area contributed by atoms with Gasteiger partial charge in [0.1, 0.15) is 0 Å². The lowest BCUT2D eigenvalue weighted by Crippen LogP contribution is -1.63. The SMILES string of the molecule is [CH]=C(C)CC#N. The Morgan fingerprint density at radius 1 is 2.00 bits per heavy atom. The molecule has 0 aliphatic rings. The van der Waals surface area contributed by atoms with Crippen molar-refractivity contribution in [3.05, 3.63) is 12.2 Å². The van der Waals surface area contributed by atoms with Crippen LogP contribution in [-0.4, -0.2) is 0 Å². The Balaban J connectivity index is 3.13. The Bertz CT molecular complexity index is 86.6. The highest BCUT2D eigenvalue weighted by molar-refractivity contribution is 4.94. The third-order valence-corrected chi connectivity index (χ3v) is 0.358. The molecule has 0 N–H and O–H groups in total. The molecular formula is C5H6N. The first-order valence-electron chi connectivity index (χ1n) is 1.72. The summed E-state index contributed by atoms with van der Waals surface area (Å²) in [6.45, 7) is 6.82. The van der Waals surface area contributed by atoms with Crippen molar-refractivity contribution < 1.29 is 0 Å². The lowest BCUT2D eigenvalue weighted by molar-refractivity contribution is 1.22. The van der Waals surface area contributed by atoms with Crippen molar-refractivity contribution in [2.75, 3.05) is 0 Å². The van der Waals surface area contributed by atoms with Crippen LogP contribution in [0.15, 0.2) is 5.57 Å². The van der Waals surface area contributed by atoms with E-state index < -0.39 is 0 Å². The largest absolute Gasteiger partial charge is 0.198 e. The second kappa shape index (κ2) is 2.47. The molecule has 0 spiro atoms. The molecule has 6 heavy (non-hydrogen) atoms. The van der Waals surface area contributed by atoms with Gasteiger partial charge in [-0.15, -0.1) is 0 Å². The van der Waals surface area contributed by atoms with Crippen LogP contribution in [0.3, 0.4) is 0 Å². The van der Waals surface area contributed by atoms with E-state index >= 15 is 0 Å². The topological polar surface area (TPSA) is 23.8 Å². The number of nitrogens with zero attached hydrogens (tertiary/aromatic N) is 1. The van der Waals surface area contributed by atoms with Crippen LogP contribution < -0.4 is 0 Å². The monoisotopic (exact) mass is 80.1 g/mol. The zero-order valence-corrected chi connectivity index (χ0v) is 3.73. The van der Waals surface area contributed by atoms with Crippen molar-refractivity contribution >= 4 is 0 Å². The van der Waals surface area contributed by atoms with Gasteiger partial charge in [0.15, 0.2) is 0 Å². The molecule has 0 amide bonds. The maximum atomic E-state index is 7.89. The van der Waals surface area contributed by atoms with Crippen LogP contribution in [-0.2, 0) is 0 Å². The molecule has 0 saturated heterocycles. The number of nitriles is 1. The Morgan fingerprint density at radius 3 is 2.50 bits per heavy atom. The summed E-state index contributed by atoms with van der Waals surface area (Å²) >= 11 is 0. The van der Waals surface area contributed by atoms with Gasteiger partial charge < -0.3 is 0 Å². The molecule has 0 fully saturated rings. The minimum Gasteiger partial charge on any atom is -0.198 e. The molecule has 1 nitrogen and oxygen atoms in total. The van der Waals surface area contributed by atoms with E-state index in [0.717, 1.165) is 0 Å².